The second kappa shape index (κ2) is 9.33. The molecule has 0 aromatic heterocycles. The van der Waals surface area contributed by atoms with Crippen molar-refractivity contribution in [3.63, 3.8) is 0 Å². The molecule has 0 spiro atoms. The van der Waals surface area contributed by atoms with Crippen molar-refractivity contribution in [3.8, 4) is 0 Å². The first-order valence-corrected chi connectivity index (χ1v) is 4.89. The number of aliphatic hydroxyl groups excluding tert-OH is 1. The summed E-state index contributed by atoms with van der Waals surface area (Å²) in [7, 11) is -7.14. The maximum atomic E-state index is 9.74. The van der Waals surface area contributed by atoms with Crippen LogP contribution in [0.15, 0.2) is 0 Å². The van der Waals surface area contributed by atoms with Gasteiger partial charge in [0.2, 0.25) is 7.60 Å². The zero-order valence-electron chi connectivity index (χ0n) is 6.45. The fourth-order valence-corrected chi connectivity index (χ4v) is 0. The first kappa shape index (κ1) is 19.4. The molecular weight excluding hydrogens is 237 g/mol. The van der Waals surface area contributed by atoms with E-state index in [1.807, 2.05) is 0 Å². The average molecular weight is 245 g/mol. The Balaban J connectivity index is -0.000000142. The summed E-state index contributed by atoms with van der Waals surface area (Å²) in [6.07, 6.45) is 0. The van der Waals surface area contributed by atoms with Crippen molar-refractivity contribution >= 4 is 15.9 Å². The van der Waals surface area contributed by atoms with Gasteiger partial charge in [0.25, 0.3) is 0 Å². The normalized spacial score (nSPS) is 9.58. The summed E-state index contributed by atoms with van der Waals surface area (Å²) in [5.74, 6) is -0.840. The van der Waals surface area contributed by atoms with Gasteiger partial charge in [-0.3, -0.25) is 4.57 Å². The molecule has 12 heavy (non-hydrogen) atoms. The van der Waals surface area contributed by atoms with Gasteiger partial charge >= 0.3 is 59.6 Å². The van der Waals surface area contributed by atoms with E-state index < -0.39 is 21.7 Å². The van der Waals surface area contributed by atoms with Gasteiger partial charge in [-0.1, -0.05) is 5.85 Å². The van der Waals surface area contributed by atoms with E-state index in [0.29, 0.717) is 0 Å². The predicted molar refractivity (Wildman–Crippen MR) is 34.9 cm³/mol. The van der Waals surface area contributed by atoms with E-state index in [0.717, 1.165) is 6.92 Å². The van der Waals surface area contributed by atoms with Gasteiger partial charge in [-0.2, -0.15) is 6.92 Å². The standard InChI is InChI=1S/C2H6O4P.K.HO3P/c1-2(3)7(4,5)6;;1-4(2)3/h3H,1H3,(H2,4,5,6);;(H-,1,2,3)/q-1;+1;/p+1. The van der Waals surface area contributed by atoms with Crippen LogP contribution < -0.4 is 51.4 Å². The van der Waals surface area contributed by atoms with Crippen molar-refractivity contribution in [2.24, 2.45) is 0 Å². The van der Waals surface area contributed by atoms with E-state index in [2.05, 4.69) is 0 Å². The maximum Gasteiger partial charge on any atom is 1.00 e. The molecular formula is C2H8KO7P2+. The number of hydrogen-bond acceptors (Lipinski definition) is 3. The summed E-state index contributed by atoms with van der Waals surface area (Å²) in [5.41, 5.74) is 0. The minimum Gasteiger partial charge on any atom is -0.551 e. The van der Waals surface area contributed by atoms with E-state index in [1.54, 1.807) is 0 Å². The van der Waals surface area contributed by atoms with Crippen LogP contribution in [0.4, 0.5) is 0 Å². The number of aliphatic hydroxyl groups is 1. The summed E-state index contributed by atoms with van der Waals surface area (Å²) < 4.78 is 18.4. The zero-order chi connectivity index (χ0) is 9.65. The molecule has 0 atom stereocenters. The molecule has 68 valence electrons. The van der Waals surface area contributed by atoms with E-state index in [1.165, 1.54) is 0 Å². The van der Waals surface area contributed by atoms with Crippen molar-refractivity contribution in [3.05, 3.63) is 5.85 Å². The minimum atomic E-state index is -4.27. The van der Waals surface area contributed by atoms with Crippen LogP contribution in [0, 0.1) is 5.85 Å². The predicted octanol–water partition coefficient (Wildman–Crippen LogP) is -3.32. The summed E-state index contributed by atoms with van der Waals surface area (Å²) in [5, 5.41) is 8.04. The van der Waals surface area contributed by atoms with Crippen molar-refractivity contribution in [2.45, 2.75) is 6.92 Å². The topological polar surface area (TPSA) is 135 Å². The molecule has 0 aliphatic rings. The third-order valence-corrected chi connectivity index (χ3v) is 1.26. The maximum absolute atomic E-state index is 9.74. The molecule has 0 aliphatic heterocycles. The fraction of sp³-hybridized carbons (Fsp3) is 0.500. The first-order valence-electron chi connectivity index (χ1n) is 2.11. The Bertz CT molecular complexity index is 159. The summed E-state index contributed by atoms with van der Waals surface area (Å²) in [6.45, 7) is 0.959. The van der Waals surface area contributed by atoms with Crippen LogP contribution in [0.2, 0.25) is 0 Å². The molecule has 0 rings (SSSR count). The molecule has 0 saturated heterocycles. The van der Waals surface area contributed by atoms with Gasteiger partial charge < -0.3 is 14.9 Å². The molecule has 0 fully saturated rings. The average Bonchev–Trinajstić information content (AvgIpc) is 1.59. The Morgan fingerprint density at radius 2 is 1.42 bits per heavy atom. The molecule has 5 N–H and O–H groups in total. The van der Waals surface area contributed by atoms with Crippen LogP contribution in [0.25, 0.3) is 0 Å². The molecule has 7 nitrogen and oxygen atoms in total. The second-order valence-corrected chi connectivity index (χ2v) is 3.58. The van der Waals surface area contributed by atoms with Crippen molar-refractivity contribution in [1.29, 1.82) is 0 Å². The van der Waals surface area contributed by atoms with Crippen LogP contribution in [-0.2, 0) is 9.13 Å². The Morgan fingerprint density at radius 3 is 1.42 bits per heavy atom. The summed E-state index contributed by atoms with van der Waals surface area (Å²) in [4.78, 5) is 30.1. The molecule has 0 saturated carbocycles. The molecule has 0 bridgehead atoms. The minimum absolute atomic E-state index is 0. The molecule has 0 aromatic carbocycles. The van der Waals surface area contributed by atoms with Crippen molar-refractivity contribution in [1.82, 2.24) is 0 Å². The molecule has 0 aromatic rings. The Hall–Kier alpha value is 1.77. The van der Waals surface area contributed by atoms with Crippen LogP contribution >= 0.6 is 15.9 Å². The van der Waals surface area contributed by atoms with Crippen LogP contribution in [-0.4, -0.2) is 24.7 Å². The smallest absolute Gasteiger partial charge is 0.551 e. The van der Waals surface area contributed by atoms with Gasteiger partial charge in [0.05, 0.1) is 0 Å². The zero-order valence-corrected chi connectivity index (χ0v) is 11.4. The monoisotopic (exact) mass is 245 g/mol. The van der Waals surface area contributed by atoms with Gasteiger partial charge in [-0.25, -0.2) is 0 Å². The third kappa shape index (κ3) is 22.6. The third-order valence-electron chi connectivity index (χ3n) is 0.422. The molecule has 10 heteroatoms. The SMILES string of the molecule is C[C-](O)P(=O)(O)O.O=[P+](O)O.[K+]. The van der Waals surface area contributed by atoms with E-state index in [9.17, 15) is 4.57 Å². The van der Waals surface area contributed by atoms with Crippen molar-refractivity contribution < 1.29 is 85.2 Å². The quantitative estimate of drug-likeness (QED) is 0.185. The van der Waals surface area contributed by atoms with E-state index in [4.69, 9.17) is 29.2 Å². The second-order valence-electron chi connectivity index (χ2n) is 1.34. The van der Waals surface area contributed by atoms with E-state index in [-0.39, 0.29) is 51.4 Å². The van der Waals surface area contributed by atoms with Crippen molar-refractivity contribution in [2.75, 3.05) is 0 Å². The van der Waals surface area contributed by atoms with Gasteiger partial charge in [-0.15, -0.1) is 9.79 Å². The molecule has 0 radical (unpaired) electrons. The molecule has 0 aliphatic carbocycles. The first-order chi connectivity index (χ1) is 4.68. The summed E-state index contributed by atoms with van der Waals surface area (Å²) >= 11 is 0. The summed E-state index contributed by atoms with van der Waals surface area (Å²) in [6, 6.07) is 0. The Kier molecular flexibility index (Phi) is 15.0. The van der Waals surface area contributed by atoms with Crippen LogP contribution in [0.1, 0.15) is 6.92 Å². The van der Waals surface area contributed by atoms with Gasteiger partial charge in [0, 0.05) is 4.57 Å². The van der Waals surface area contributed by atoms with Crippen LogP contribution in [0.3, 0.4) is 0 Å². The number of rotatable bonds is 1. The van der Waals surface area contributed by atoms with Gasteiger partial charge in [-0.05, 0) is 0 Å². The van der Waals surface area contributed by atoms with Gasteiger partial charge in [0.1, 0.15) is 0 Å². The fourth-order valence-electron chi connectivity index (χ4n) is 0. The Morgan fingerprint density at radius 1 is 1.33 bits per heavy atom. The largest absolute Gasteiger partial charge is 1.00 e. The Labute approximate surface area is 112 Å². The van der Waals surface area contributed by atoms with Gasteiger partial charge in [0.15, 0.2) is 0 Å². The molecule has 0 amide bonds. The molecule has 0 heterocycles. The number of hydrogen-bond donors (Lipinski definition) is 5. The molecule has 0 unspecified atom stereocenters. The van der Waals surface area contributed by atoms with Crippen LogP contribution in [0.5, 0.6) is 0 Å². The van der Waals surface area contributed by atoms with E-state index >= 15 is 0 Å².